The first-order valence-corrected chi connectivity index (χ1v) is 39.6. The van der Waals surface area contributed by atoms with Gasteiger partial charge in [0.15, 0.2) is 0 Å². The third kappa shape index (κ3) is 82.1. The summed E-state index contributed by atoms with van der Waals surface area (Å²) in [4.78, 5) is 85.3. The molecule has 0 radical (unpaired) electrons. The molecule has 0 aromatic carbocycles. The number of nitrogens with one attached hydrogen (secondary N) is 2. The highest BCUT2D eigenvalue weighted by atomic mass is 16.6. The minimum atomic E-state index is -0.833. The van der Waals surface area contributed by atoms with Crippen molar-refractivity contribution in [2.24, 2.45) is 0 Å². The first-order chi connectivity index (χ1) is 48.7. The lowest BCUT2D eigenvalue weighted by molar-refractivity contribution is -0.156. The molecule has 0 spiro atoms. The lowest BCUT2D eigenvalue weighted by Crippen LogP contribution is -2.58. The van der Waals surface area contributed by atoms with Crippen molar-refractivity contribution in [2.75, 3.05) is 86.1 Å². The first kappa shape index (κ1) is 108. The Kier molecular flexibility index (Phi) is 80.0. The standard InChI is InChI=1S/C36H85B6N7O7.C29H55NO5.3C2H4O2/c1-10-11-12-15-24-35(50)43-26-17-14-13-16-25-36(48(41(6)55)33-20-18-29-46(39(4)53)31-22-27-44(8)37(2)51)49(42(7)56)34-21-19-30-47(40(5)54)32-23-28-45(9)38(3)52;1-4-5-6-7-8-9-10-11-12-13-14-15-16-17-18-19-20-24-30-29(33)23-21-22-28(35-27(3)32)25-34-26(2)31;3*1-2(3)4/h36,51-56H,10-34H2,1-9H3,(H,43,50);28H,4-25H2,1-3H3,(H,30,33);3*1H3,(H,3,4)/t;28-;;;/m.0.../s1. The predicted molar refractivity (Wildman–Crippen MR) is 424 cm³/mol. The highest BCUT2D eigenvalue weighted by Crippen LogP contribution is 2.21. The molecule has 32 heteroatoms. The molecule has 0 heterocycles. The van der Waals surface area contributed by atoms with Crippen LogP contribution in [-0.4, -0.2) is 257 Å². The Balaban J connectivity index is -0.000000575. The molecule has 0 rings (SSSR count). The SMILES string of the molecule is CC(=O)O.CC(=O)O.CC(=O)O.CCCCCCC(=O)NCCCCCCC(N(CCCCN(CCCN(C)B(C)O)B(C)O)B(C)O)N(CCCCN(CCCN(C)B(C)O)B(C)O)B(C)O.CCCCCCCCCCCCCCCCCCCNC(=O)CCC[C@@H](COC(C)=O)OC(C)=O. The molecule has 0 saturated carbocycles. The summed E-state index contributed by atoms with van der Waals surface area (Å²) in [5, 5.41) is 91.0. The van der Waals surface area contributed by atoms with E-state index in [2.05, 4.69) is 43.7 Å². The molecule has 0 aliphatic carbocycles. The van der Waals surface area contributed by atoms with E-state index in [1.54, 1.807) is 40.9 Å². The van der Waals surface area contributed by atoms with E-state index in [-0.39, 0.29) is 24.6 Å². The molecule has 0 fully saturated rings. The number of hydrogen-bond acceptors (Lipinski definition) is 21. The Labute approximate surface area is 628 Å². The fraction of sp³-hybridized carbons (Fsp3) is 0.901. The van der Waals surface area contributed by atoms with Crippen LogP contribution in [0.3, 0.4) is 0 Å². The van der Waals surface area contributed by atoms with Crippen molar-refractivity contribution in [3.05, 3.63) is 0 Å². The molecule has 0 saturated heterocycles. The van der Waals surface area contributed by atoms with Crippen LogP contribution in [0.25, 0.3) is 0 Å². The van der Waals surface area contributed by atoms with Crippen LogP contribution in [0.1, 0.15) is 280 Å². The van der Waals surface area contributed by atoms with E-state index in [0.717, 1.165) is 169 Å². The molecule has 0 aliphatic heterocycles. The lowest BCUT2D eigenvalue weighted by Gasteiger charge is -2.42. The average Bonchev–Trinajstić information content (AvgIpc) is 0.847. The maximum atomic E-state index is 12.2. The average molecular weight is 1470 g/mol. The number of nitrogens with zero attached hydrogens (tertiary/aromatic N) is 6. The number of ether oxygens (including phenoxy) is 2. The van der Waals surface area contributed by atoms with Gasteiger partial charge in [-0.15, -0.1) is 0 Å². The van der Waals surface area contributed by atoms with Gasteiger partial charge in [-0.1, -0.05) is 155 Å². The second-order valence-corrected chi connectivity index (χ2v) is 27.8. The zero-order valence-corrected chi connectivity index (χ0v) is 67.7. The Bertz CT molecular complexity index is 1920. The van der Waals surface area contributed by atoms with E-state index >= 15 is 0 Å². The second-order valence-electron chi connectivity index (χ2n) is 27.8. The highest BCUT2D eigenvalue weighted by molar-refractivity contribution is 6.47. The molecule has 0 bridgehead atoms. The topological polar surface area (TPSA) is 364 Å². The zero-order valence-electron chi connectivity index (χ0n) is 67.7. The van der Waals surface area contributed by atoms with Crippen molar-refractivity contribution in [2.45, 2.75) is 333 Å². The fourth-order valence-electron chi connectivity index (χ4n) is 11.4. The third-order valence-corrected chi connectivity index (χ3v) is 17.5. The number of esters is 2. The van der Waals surface area contributed by atoms with Gasteiger partial charge in [0.2, 0.25) is 11.8 Å². The molecule has 1 atom stereocenters. The van der Waals surface area contributed by atoms with Crippen LogP contribution in [0, 0.1) is 0 Å². The maximum Gasteiger partial charge on any atom is 0.377 e. The molecule has 0 aromatic rings. The summed E-state index contributed by atoms with van der Waals surface area (Å²) in [5.41, 5.74) is 0. The monoisotopic (exact) mass is 1470 g/mol. The highest BCUT2D eigenvalue weighted by Gasteiger charge is 2.33. The van der Waals surface area contributed by atoms with E-state index < -0.39 is 78.3 Å². The second kappa shape index (κ2) is 76.4. The number of hydrogen-bond donors (Lipinski definition) is 11. The van der Waals surface area contributed by atoms with Gasteiger partial charge in [-0.2, -0.15) is 0 Å². The third-order valence-electron chi connectivity index (χ3n) is 17.5. The number of unbranched alkanes of at least 4 members (excludes halogenated alkanes) is 24. The minimum Gasteiger partial charge on any atom is -0.481 e. The molecule has 0 unspecified atom stereocenters. The summed E-state index contributed by atoms with van der Waals surface area (Å²) >= 11 is 0. The van der Waals surface area contributed by atoms with E-state index in [0.29, 0.717) is 45.3 Å². The molecular weight excluding hydrogens is 1320 g/mol. The quantitative estimate of drug-likeness (QED) is 0.0117. The minimum absolute atomic E-state index is 0.0237. The van der Waals surface area contributed by atoms with Crippen LogP contribution >= 0.6 is 0 Å². The van der Waals surface area contributed by atoms with Crippen LogP contribution in [0.5, 0.6) is 0 Å². The van der Waals surface area contributed by atoms with Crippen molar-refractivity contribution in [1.29, 1.82) is 0 Å². The van der Waals surface area contributed by atoms with Crippen LogP contribution in [0.15, 0.2) is 0 Å². The molecule has 26 nitrogen and oxygen atoms in total. The summed E-state index contributed by atoms with van der Waals surface area (Å²) in [5.74, 6) is -3.16. The summed E-state index contributed by atoms with van der Waals surface area (Å²) in [6.07, 6.45) is 38.3. The van der Waals surface area contributed by atoms with Crippen molar-refractivity contribution >= 4 is 84.0 Å². The number of carbonyl (C=O) groups excluding carboxylic acids is 4. The number of carboxylic acid groups (broad SMARTS) is 3. The molecular formula is C71H152B6N8O18. The first-order valence-electron chi connectivity index (χ1n) is 39.6. The molecule has 602 valence electrons. The summed E-state index contributed by atoms with van der Waals surface area (Å²) in [6, 6.07) is 0. The van der Waals surface area contributed by atoms with Gasteiger partial charge in [0, 0.05) is 66.7 Å². The van der Waals surface area contributed by atoms with Gasteiger partial charge in [0.25, 0.3) is 17.9 Å². The van der Waals surface area contributed by atoms with Crippen LogP contribution in [0.2, 0.25) is 40.9 Å². The van der Waals surface area contributed by atoms with Gasteiger partial charge < -0.3 is 94.4 Å². The molecule has 103 heavy (non-hydrogen) atoms. The number of amides is 2. The van der Waals surface area contributed by atoms with E-state index in [9.17, 15) is 49.3 Å². The normalized spacial score (nSPS) is 11.2. The Morgan fingerprint density at radius 1 is 0.350 bits per heavy atom. The summed E-state index contributed by atoms with van der Waals surface area (Å²) < 4.78 is 10.1. The number of rotatable bonds is 63. The molecule has 0 aliphatic rings. The van der Waals surface area contributed by atoms with Crippen molar-refractivity contribution in [3.8, 4) is 0 Å². The van der Waals surface area contributed by atoms with E-state index in [1.807, 2.05) is 23.7 Å². The number of carboxylic acids is 3. The Hall–Kier alpha value is -3.80. The van der Waals surface area contributed by atoms with E-state index in [1.165, 1.54) is 117 Å². The van der Waals surface area contributed by atoms with Crippen LogP contribution < -0.4 is 10.6 Å². The maximum absolute atomic E-state index is 12.2. The number of carbonyl (C=O) groups is 7. The van der Waals surface area contributed by atoms with Gasteiger partial charge in [-0.25, -0.2) is 0 Å². The van der Waals surface area contributed by atoms with Crippen molar-refractivity contribution < 1.29 is 88.5 Å². The van der Waals surface area contributed by atoms with E-state index in [4.69, 9.17) is 39.2 Å². The van der Waals surface area contributed by atoms with Gasteiger partial charge in [0.05, 0.1) is 0 Å². The number of aliphatic carboxylic acids is 3. The molecule has 0 aromatic heterocycles. The Morgan fingerprint density at radius 3 is 0.961 bits per heavy atom. The van der Waals surface area contributed by atoms with Crippen molar-refractivity contribution in [1.82, 2.24) is 39.5 Å². The van der Waals surface area contributed by atoms with Crippen LogP contribution in [0.4, 0.5) is 0 Å². The van der Waals surface area contributed by atoms with Crippen LogP contribution in [-0.2, 0) is 43.0 Å². The largest absolute Gasteiger partial charge is 0.481 e. The molecule has 11 N–H and O–H groups in total. The van der Waals surface area contributed by atoms with Crippen molar-refractivity contribution in [3.63, 3.8) is 0 Å². The fourth-order valence-corrected chi connectivity index (χ4v) is 11.4. The summed E-state index contributed by atoms with van der Waals surface area (Å²) in [6.45, 7) is 28.1. The van der Waals surface area contributed by atoms with Gasteiger partial charge >= 0.3 is 54.2 Å². The molecule has 2 amide bonds. The van der Waals surface area contributed by atoms with Gasteiger partial charge in [0.1, 0.15) is 12.7 Å². The summed E-state index contributed by atoms with van der Waals surface area (Å²) in [7, 11) is 0.167. The zero-order chi connectivity index (χ0) is 79.2. The predicted octanol–water partition coefficient (Wildman–Crippen LogP) is 10.1. The lowest BCUT2D eigenvalue weighted by atomic mass is 9.78. The smallest absolute Gasteiger partial charge is 0.377 e. The van der Waals surface area contributed by atoms with Gasteiger partial charge in [-0.3, -0.25) is 33.6 Å². The Morgan fingerprint density at radius 2 is 0.650 bits per heavy atom. The van der Waals surface area contributed by atoms with Gasteiger partial charge in [-0.05, 0) is 184 Å².